The number of rotatable bonds is 8. The first kappa shape index (κ1) is 20.4. The smallest absolute Gasteiger partial charge is 0.408 e. The number of likely N-dealkylation sites (tertiary alicyclic amines) is 1. The van der Waals surface area contributed by atoms with E-state index < -0.39 is 24.9 Å². The number of nitrogens with one attached hydrogen (secondary N) is 1. The molecule has 0 aromatic heterocycles. The number of hydrogen-bond donors (Lipinski definition) is 1. The molecule has 8 heteroatoms. The molecular formula is C21H23FN2O5. The van der Waals surface area contributed by atoms with Gasteiger partial charge in [-0.05, 0) is 17.7 Å². The number of amides is 2. The maximum absolute atomic E-state index is 13.6. The van der Waals surface area contributed by atoms with Crippen molar-refractivity contribution in [2.75, 3.05) is 20.9 Å². The van der Waals surface area contributed by atoms with E-state index in [0.29, 0.717) is 17.1 Å². The first-order valence-corrected chi connectivity index (χ1v) is 9.12. The highest BCUT2D eigenvalue weighted by molar-refractivity contribution is 5.92. The molecule has 1 aliphatic rings. The van der Waals surface area contributed by atoms with Crippen LogP contribution in [0.5, 0.6) is 11.5 Å². The Labute approximate surface area is 168 Å². The molecule has 0 bridgehead atoms. The maximum atomic E-state index is 13.6. The fourth-order valence-electron chi connectivity index (χ4n) is 3.19. The van der Waals surface area contributed by atoms with Gasteiger partial charge in [-0.25, -0.2) is 9.18 Å². The average Bonchev–Trinajstić information content (AvgIpc) is 2.77. The molecule has 1 heterocycles. The zero-order valence-electron chi connectivity index (χ0n) is 16.3. The molecule has 3 rings (SSSR count). The van der Waals surface area contributed by atoms with Crippen molar-refractivity contribution in [3.8, 4) is 11.5 Å². The number of methoxy groups -OCH3 is 2. The number of β-lactam (4-membered cyclic amide) rings is 1. The van der Waals surface area contributed by atoms with Crippen LogP contribution in [0.1, 0.15) is 11.1 Å². The summed E-state index contributed by atoms with van der Waals surface area (Å²) in [6.45, 7) is -0.549. The molecule has 2 amide bonds. The third kappa shape index (κ3) is 4.59. The van der Waals surface area contributed by atoms with E-state index in [1.807, 2.05) is 30.3 Å². The van der Waals surface area contributed by atoms with E-state index in [2.05, 4.69) is 5.32 Å². The first-order valence-electron chi connectivity index (χ1n) is 9.12. The van der Waals surface area contributed by atoms with Crippen LogP contribution in [0.25, 0.3) is 0 Å². The lowest BCUT2D eigenvalue weighted by atomic mass is 9.95. The van der Waals surface area contributed by atoms with Crippen molar-refractivity contribution >= 4 is 12.0 Å². The molecular weight excluding hydrogens is 379 g/mol. The van der Waals surface area contributed by atoms with Gasteiger partial charge < -0.3 is 24.4 Å². The second kappa shape index (κ2) is 9.27. The molecule has 29 heavy (non-hydrogen) atoms. The quantitative estimate of drug-likeness (QED) is 0.687. The van der Waals surface area contributed by atoms with Gasteiger partial charge in [-0.1, -0.05) is 30.3 Å². The summed E-state index contributed by atoms with van der Waals surface area (Å²) in [7, 11) is 3.05. The summed E-state index contributed by atoms with van der Waals surface area (Å²) in [4.78, 5) is 25.9. The fourth-order valence-corrected chi connectivity index (χ4v) is 3.19. The summed E-state index contributed by atoms with van der Waals surface area (Å²) in [6.07, 6.45) is -0.757. The van der Waals surface area contributed by atoms with Crippen LogP contribution < -0.4 is 14.8 Å². The molecule has 2 aromatic carbocycles. The molecule has 0 spiro atoms. The Kier molecular flexibility index (Phi) is 6.54. The number of carbonyl (C=O) groups is 2. The van der Waals surface area contributed by atoms with Crippen LogP contribution in [-0.2, 0) is 22.7 Å². The molecule has 1 N–H and O–H groups in total. The van der Waals surface area contributed by atoms with Crippen molar-refractivity contribution < 1.29 is 28.2 Å². The predicted molar refractivity (Wildman–Crippen MR) is 103 cm³/mol. The zero-order valence-corrected chi connectivity index (χ0v) is 16.3. The van der Waals surface area contributed by atoms with E-state index >= 15 is 0 Å². The average molecular weight is 402 g/mol. The highest BCUT2D eigenvalue weighted by Crippen LogP contribution is 2.30. The molecule has 2 atom stereocenters. The van der Waals surface area contributed by atoms with Gasteiger partial charge in [0.1, 0.15) is 30.8 Å². The topological polar surface area (TPSA) is 77.1 Å². The maximum Gasteiger partial charge on any atom is 0.408 e. The van der Waals surface area contributed by atoms with E-state index in [4.69, 9.17) is 14.2 Å². The van der Waals surface area contributed by atoms with E-state index in [1.165, 1.54) is 12.0 Å². The van der Waals surface area contributed by atoms with Gasteiger partial charge in [0.05, 0.1) is 20.3 Å². The number of nitrogens with zero attached hydrogens (tertiary/aromatic N) is 1. The van der Waals surface area contributed by atoms with Crippen LogP contribution in [0.2, 0.25) is 0 Å². The molecule has 0 unspecified atom stereocenters. The van der Waals surface area contributed by atoms with Gasteiger partial charge in [-0.3, -0.25) is 4.79 Å². The molecule has 1 saturated heterocycles. The lowest BCUT2D eigenvalue weighted by molar-refractivity contribution is -0.153. The van der Waals surface area contributed by atoms with Crippen LogP contribution in [0.4, 0.5) is 9.18 Å². The van der Waals surface area contributed by atoms with Crippen molar-refractivity contribution in [3.63, 3.8) is 0 Å². The largest absolute Gasteiger partial charge is 0.497 e. The van der Waals surface area contributed by atoms with Crippen LogP contribution in [0.3, 0.4) is 0 Å². The Hall–Kier alpha value is -3.29. The van der Waals surface area contributed by atoms with E-state index in [9.17, 15) is 14.0 Å². The molecule has 0 radical (unpaired) electrons. The lowest BCUT2D eigenvalue weighted by Crippen LogP contribution is -2.71. The number of hydrogen-bond acceptors (Lipinski definition) is 5. The van der Waals surface area contributed by atoms with Crippen LogP contribution in [0, 0.1) is 0 Å². The Morgan fingerprint density at radius 2 is 1.90 bits per heavy atom. The minimum absolute atomic E-state index is 0.0701. The zero-order chi connectivity index (χ0) is 20.8. The molecule has 2 aromatic rings. The van der Waals surface area contributed by atoms with Crippen LogP contribution >= 0.6 is 0 Å². The molecule has 0 aliphatic carbocycles. The number of carbonyl (C=O) groups excluding carboxylic acids is 2. The summed E-state index contributed by atoms with van der Waals surface area (Å²) in [6, 6.07) is 12.6. The Morgan fingerprint density at radius 3 is 2.55 bits per heavy atom. The fraction of sp³-hybridized carbons (Fsp3) is 0.333. The first-order chi connectivity index (χ1) is 14.1. The summed E-state index contributed by atoms with van der Waals surface area (Å²) in [5, 5.41) is 2.46. The molecule has 0 saturated carbocycles. The Balaban J connectivity index is 1.59. The lowest BCUT2D eigenvalue weighted by Gasteiger charge is -2.45. The van der Waals surface area contributed by atoms with Gasteiger partial charge >= 0.3 is 6.09 Å². The van der Waals surface area contributed by atoms with Crippen LogP contribution in [-0.4, -0.2) is 49.9 Å². The SMILES string of the molecule is COc1ccc(CN2C(=O)[C@H](NC(=O)OCc3ccccc3)[C@@H]2CF)c(OC)c1. The van der Waals surface area contributed by atoms with E-state index in [1.54, 1.807) is 25.3 Å². The van der Waals surface area contributed by atoms with Crippen molar-refractivity contribution in [3.05, 3.63) is 59.7 Å². The molecule has 7 nitrogen and oxygen atoms in total. The van der Waals surface area contributed by atoms with E-state index in [0.717, 1.165) is 5.56 Å². The summed E-state index contributed by atoms with van der Waals surface area (Å²) in [5.74, 6) is 0.777. The van der Waals surface area contributed by atoms with Crippen molar-refractivity contribution in [2.24, 2.45) is 0 Å². The van der Waals surface area contributed by atoms with Crippen LogP contribution in [0.15, 0.2) is 48.5 Å². The highest BCUT2D eigenvalue weighted by Gasteiger charge is 2.48. The predicted octanol–water partition coefficient (Wildman–Crippen LogP) is 2.68. The van der Waals surface area contributed by atoms with Crippen molar-refractivity contribution in [2.45, 2.75) is 25.2 Å². The highest BCUT2D eigenvalue weighted by atomic mass is 19.1. The summed E-state index contributed by atoms with van der Waals surface area (Å²) >= 11 is 0. The minimum Gasteiger partial charge on any atom is -0.497 e. The number of alkyl halides is 1. The van der Waals surface area contributed by atoms with Crippen molar-refractivity contribution in [1.29, 1.82) is 0 Å². The third-order valence-corrected chi connectivity index (χ3v) is 4.81. The van der Waals surface area contributed by atoms with Gasteiger partial charge in [0.2, 0.25) is 5.91 Å². The monoisotopic (exact) mass is 402 g/mol. The van der Waals surface area contributed by atoms with E-state index in [-0.39, 0.29) is 19.1 Å². The van der Waals surface area contributed by atoms with Gasteiger partial charge in [-0.2, -0.15) is 0 Å². The number of alkyl carbamates (subject to hydrolysis) is 1. The normalized spacial score (nSPS) is 18.0. The van der Waals surface area contributed by atoms with Gasteiger partial charge in [-0.15, -0.1) is 0 Å². The molecule has 1 aliphatic heterocycles. The molecule has 1 fully saturated rings. The number of halogens is 1. The summed E-state index contributed by atoms with van der Waals surface area (Å²) in [5.41, 5.74) is 1.53. The van der Waals surface area contributed by atoms with Crippen molar-refractivity contribution in [1.82, 2.24) is 10.2 Å². The standard InChI is InChI=1S/C21H23FN2O5/c1-27-16-9-8-15(18(10-16)28-2)12-24-17(11-22)19(20(24)25)23-21(26)29-13-14-6-4-3-5-7-14/h3-10,17,19H,11-13H2,1-2H3,(H,23,26)/t17-,19+/m0/s1. The Morgan fingerprint density at radius 1 is 1.14 bits per heavy atom. The second-order valence-electron chi connectivity index (χ2n) is 6.55. The Bertz CT molecular complexity index is 861. The van der Waals surface area contributed by atoms with Gasteiger partial charge in [0, 0.05) is 18.2 Å². The molecule has 154 valence electrons. The van der Waals surface area contributed by atoms with Gasteiger partial charge in [0.15, 0.2) is 0 Å². The van der Waals surface area contributed by atoms with Gasteiger partial charge in [0.25, 0.3) is 0 Å². The summed E-state index contributed by atoms with van der Waals surface area (Å²) < 4.78 is 29.2. The number of benzene rings is 2. The third-order valence-electron chi connectivity index (χ3n) is 4.81. The number of ether oxygens (including phenoxy) is 3. The second-order valence-corrected chi connectivity index (χ2v) is 6.55. The minimum atomic E-state index is -0.951.